The maximum Gasteiger partial charge on any atom is 0.412 e. The molecule has 1 rings (SSSR count). The van der Waals surface area contributed by atoms with Crippen LogP contribution in [0.1, 0.15) is 43.6 Å². The number of hydrogen-bond donors (Lipinski definition) is 1. The lowest BCUT2D eigenvalue weighted by atomic mass is 10.1. The Balaban J connectivity index is 2.80. The Labute approximate surface area is 107 Å². The molecule has 1 aromatic rings. The first kappa shape index (κ1) is 14.2. The number of hydrogen-bond acceptors (Lipinski definition) is 3. The number of anilines is 1. The summed E-state index contributed by atoms with van der Waals surface area (Å²) in [6.07, 6.45) is 1.04. The molecule has 0 spiro atoms. The van der Waals surface area contributed by atoms with Crippen LogP contribution in [0.2, 0.25) is 0 Å². The van der Waals surface area contributed by atoms with Crippen LogP contribution < -0.4 is 5.32 Å². The summed E-state index contributed by atoms with van der Waals surface area (Å²) in [6.45, 7) is 7.36. The molecule has 0 aliphatic rings. The number of ether oxygens (including phenoxy) is 1. The Morgan fingerprint density at radius 1 is 1.39 bits per heavy atom. The molecule has 0 unspecified atom stereocenters. The highest BCUT2D eigenvalue weighted by Gasteiger charge is 2.16. The van der Waals surface area contributed by atoms with Gasteiger partial charge in [0.15, 0.2) is 0 Å². The van der Waals surface area contributed by atoms with E-state index in [0.717, 1.165) is 18.3 Å². The Morgan fingerprint density at radius 3 is 2.56 bits per heavy atom. The van der Waals surface area contributed by atoms with Gasteiger partial charge in [0.1, 0.15) is 11.9 Å². The van der Waals surface area contributed by atoms with E-state index in [9.17, 15) is 9.59 Å². The predicted molar refractivity (Wildman–Crippen MR) is 71.1 cm³/mol. The fourth-order valence-electron chi connectivity index (χ4n) is 1.53. The first-order valence-corrected chi connectivity index (χ1v) is 5.94. The van der Waals surface area contributed by atoms with Gasteiger partial charge in [0.25, 0.3) is 0 Å². The van der Waals surface area contributed by atoms with E-state index in [1.807, 2.05) is 13.0 Å². The molecule has 4 heteroatoms. The van der Waals surface area contributed by atoms with Gasteiger partial charge in [-0.05, 0) is 44.9 Å². The number of amides is 1. The molecule has 4 nitrogen and oxygen atoms in total. The first-order valence-electron chi connectivity index (χ1n) is 5.94. The van der Waals surface area contributed by atoms with E-state index < -0.39 is 11.7 Å². The SMILES string of the molecule is CCc1ccc(NC(=O)OC(C)(C)C)cc1C=O. The molecule has 0 saturated heterocycles. The molecule has 0 atom stereocenters. The van der Waals surface area contributed by atoms with Gasteiger partial charge in [-0.2, -0.15) is 0 Å². The summed E-state index contributed by atoms with van der Waals surface area (Å²) in [6, 6.07) is 5.24. The summed E-state index contributed by atoms with van der Waals surface area (Å²) in [5, 5.41) is 2.60. The molecule has 1 N–H and O–H groups in total. The topological polar surface area (TPSA) is 55.4 Å². The van der Waals surface area contributed by atoms with Crippen LogP contribution in [0.25, 0.3) is 0 Å². The Hall–Kier alpha value is -1.84. The molecular formula is C14H19NO3. The molecule has 0 fully saturated rings. The summed E-state index contributed by atoms with van der Waals surface area (Å²) in [4.78, 5) is 22.5. The fraction of sp³-hybridized carbons (Fsp3) is 0.429. The standard InChI is InChI=1S/C14H19NO3/c1-5-10-6-7-12(8-11(10)9-16)15-13(17)18-14(2,3)4/h6-9H,5H2,1-4H3,(H,15,17). The van der Waals surface area contributed by atoms with Crippen molar-refractivity contribution in [3.05, 3.63) is 29.3 Å². The van der Waals surface area contributed by atoms with Gasteiger partial charge in [-0.1, -0.05) is 13.0 Å². The monoisotopic (exact) mass is 249 g/mol. The van der Waals surface area contributed by atoms with Crippen LogP contribution in [0.5, 0.6) is 0 Å². The quantitative estimate of drug-likeness (QED) is 0.835. The van der Waals surface area contributed by atoms with Crippen LogP contribution in [0.3, 0.4) is 0 Å². The highest BCUT2D eigenvalue weighted by molar-refractivity contribution is 5.87. The molecular weight excluding hydrogens is 230 g/mol. The normalized spacial score (nSPS) is 10.9. The van der Waals surface area contributed by atoms with Crippen molar-refractivity contribution in [2.24, 2.45) is 0 Å². The second kappa shape index (κ2) is 5.67. The number of aryl methyl sites for hydroxylation is 1. The van der Waals surface area contributed by atoms with E-state index in [-0.39, 0.29) is 0 Å². The van der Waals surface area contributed by atoms with E-state index in [0.29, 0.717) is 11.3 Å². The van der Waals surface area contributed by atoms with Crippen LogP contribution in [0.4, 0.5) is 10.5 Å². The molecule has 0 bridgehead atoms. The first-order chi connectivity index (χ1) is 8.35. The third kappa shape index (κ3) is 4.20. The van der Waals surface area contributed by atoms with E-state index in [1.54, 1.807) is 32.9 Å². The lowest BCUT2D eigenvalue weighted by Crippen LogP contribution is -2.27. The molecule has 98 valence electrons. The maximum atomic E-state index is 11.6. The average molecular weight is 249 g/mol. The fourth-order valence-corrected chi connectivity index (χ4v) is 1.53. The molecule has 0 aliphatic carbocycles. The molecule has 1 amide bonds. The minimum atomic E-state index is -0.541. The molecule has 0 heterocycles. The van der Waals surface area contributed by atoms with Crippen molar-refractivity contribution in [1.82, 2.24) is 0 Å². The van der Waals surface area contributed by atoms with E-state index >= 15 is 0 Å². The van der Waals surface area contributed by atoms with Gasteiger partial charge in [0.2, 0.25) is 0 Å². The maximum absolute atomic E-state index is 11.6. The van der Waals surface area contributed by atoms with Crippen LogP contribution in [-0.4, -0.2) is 18.0 Å². The van der Waals surface area contributed by atoms with Crippen molar-refractivity contribution >= 4 is 18.1 Å². The number of nitrogens with one attached hydrogen (secondary N) is 1. The number of carbonyl (C=O) groups is 2. The van der Waals surface area contributed by atoms with Gasteiger partial charge < -0.3 is 4.74 Å². The average Bonchev–Trinajstić information content (AvgIpc) is 2.26. The summed E-state index contributed by atoms with van der Waals surface area (Å²) in [5.41, 5.74) is 1.57. The predicted octanol–water partition coefficient (Wildman–Crippen LogP) is 3.41. The van der Waals surface area contributed by atoms with Gasteiger partial charge in [-0.3, -0.25) is 10.1 Å². The van der Waals surface area contributed by atoms with Crippen LogP contribution in [0, 0.1) is 0 Å². The molecule has 0 aromatic heterocycles. The summed E-state index contributed by atoms with van der Waals surface area (Å²) in [5.74, 6) is 0. The highest BCUT2D eigenvalue weighted by atomic mass is 16.6. The van der Waals surface area contributed by atoms with E-state index in [4.69, 9.17) is 4.74 Å². The van der Waals surface area contributed by atoms with E-state index in [1.165, 1.54) is 0 Å². The second-order valence-corrected chi connectivity index (χ2v) is 5.01. The Kier molecular flexibility index (Phi) is 4.48. The summed E-state index contributed by atoms with van der Waals surface area (Å²) >= 11 is 0. The van der Waals surface area contributed by atoms with Crippen molar-refractivity contribution in [2.75, 3.05) is 5.32 Å². The zero-order valence-corrected chi connectivity index (χ0v) is 11.2. The Bertz CT molecular complexity index is 447. The summed E-state index contributed by atoms with van der Waals surface area (Å²) < 4.78 is 5.13. The largest absolute Gasteiger partial charge is 0.444 e. The molecule has 1 aromatic carbocycles. The van der Waals surface area contributed by atoms with Crippen LogP contribution in [-0.2, 0) is 11.2 Å². The smallest absolute Gasteiger partial charge is 0.412 e. The van der Waals surface area contributed by atoms with Crippen molar-refractivity contribution in [3.8, 4) is 0 Å². The number of carbonyl (C=O) groups excluding carboxylic acids is 2. The zero-order chi connectivity index (χ0) is 13.8. The van der Waals surface area contributed by atoms with Crippen LogP contribution >= 0.6 is 0 Å². The van der Waals surface area contributed by atoms with Crippen molar-refractivity contribution in [1.29, 1.82) is 0 Å². The van der Waals surface area contributed by atoms with Gasteiger partial charge in [0, 0.05) is 11.3 Å². The van der Waals surface area contributed by atoms with E-state index in [2.05, 4.69) is 5.32 Å². The van der Waals surface area contributed by atoms with Crippen molar-refractivity contribution in [3.63, 3.8) is 0 Å². The lowest BCUT2D eigenvalue weighted by molar-refractivity contribution is 0.0635. The van der Waals surface area contributed by atoms with Gasteiger partial charge in [0.05, 0.1) is 0 Å². The summed E-state index contributed by atoms with van der Waals surface area (Å²) in [7, 11) is 0. The molecule has 18 heavy (non-hydrogen) atoms. The van der Waals surface area contributed by atoms with Crippen LogP contribution in [0.15, 0.2) is 18.2 Å². The Morgan fingerprint density at radius 2 is 2.06 bits per heavy atom. The van der Waals surface area contributed by atoms with Gasteiger partial charge in [-0.15, -0.1) is 0 Å². The van der Waals surface area contributed by atoms with Gasteiger partial charge >= 0.3 is 6.09 Å². The number of rotatable bonds is 3. The number of benzene rings is 1. The second-order valence-electron chi connectivity index (χ2n) is 5.01. The number of aldehydes is 1. The molecule has 0 saturated carbocycles. The minimum Gasteiger partial charge on any atom is -0.444 e. The van der Waals surface area contributed by atoms with Gasteiger partial charge in [-0.25, -0.2) is 4.79 Å². The molecule has 0 aliphatic heterocycles. The third-order valence-corrected chi connectivity index (χ3v) is 2.30. The highest BCUT2D eigenvalue weighted by Crippen LogP contribution is 2.16. The zero-order valence-electron chi connectivity index (χ0n) is 11.2. The lowest BCUT2D eigenvalue weighted by Gasteiger charge is -2.19. The molecule has 0 radical (unpaired) electrons. The third-order valence-electron chi connectivity index (χ3n) is 2.30. The minimum absolute atomic E-state index is 0.524. The van der Waals surface area contributed by atoms with Crippen molar-refractivity contribution in [2.45, 2.75) is 39.7 Å². The van der Waals surface area contributed by atoms with Crippen molar-refractivity contribution < 1.29 is 14.3 Å².